The fourth-order valence-corrected chi connectivity index (χ4v) is 2.32. The minimum Gasteiger partial charge on any atom is -0.384 e. The lowest BCUT2D eigenvalue weighted by Crippen LogP contribution is -2.15. The van der Waals surface area contributed by atoms with Gasteiger partial charge >= 0.3 is 5.37 Å². The summed E-state index contributed by atoms with van der Waals surface area (Å²) in [5.41, 5.74) is 2.16. The number of benzene rings is 1. The van der Waals surface area contributed by atoms with E-state index in [1.807, 2.05) is 0 Å². The second kappa shape index (κ2) is 4.18. The quantitative estimate of drug-likeness (QED) is 0.471. The van der Waals surface area contributed by atoms with Gasteiger partial charge in [0.2, 0.25) is 11.1 Å². The summed E-state index contributed by atoms with van der Waals surface area (Å²) in [6.45, 7) is 0.796. The molecule has 2 N–H and O–H groups in total. The van der Waals surface area contributed by atoms with Gasteiger partial charge in [-0.2, -0.15) is 0 Å². The van der Waals surface area contributed by atoms with Crippen molar-refractivity contribution < 1.29 is 13.7 Å². The number of nitro groups is 1. The van der Waals surface area contributed by atoms with Gasteiger partial charge in [0.15, 0.2) is 0 Å². The van der Waals surface area contributed by atoms with Gasteiger partial charge < -0.3 is 9.87 Å². The van der Waals surface area contributed by atoms with E-state index >= 15 is 0 Å². The molecule has 0 aliphatic carbocycles. The maximum absolute atomic E-state index is 10.9. The molecule has 2 rings (SSSR count). The molecule has 1 aliphatic rings. The van der Waals surface area contributed by atoms with Crippen LogP contribution in [0.1, 0.15) is 16.5 Å². The van der Waals surface area contributed by atoms with Crippen molar-refractivity contribution in [2.75, 3.05) is 11.9 Å². The Morgan fingerprint density at radius 3 is 2.94 bits per heavy atom. The molecule has 1 aromatic carbocycles. The molecule has 1 heterocycles. The molecule has 1 aliphatic heterocycles. The highest BCUT2D eigenvalue weighted by Crippen LogP contribution is 2.28. The van der Waals surface area contributed by atoms with Gasteiger partial charge in [0.1, 0.15) is 0 Å². The molecule has 0 saturated heterocycles. The average molecular weight is 242 g/mol. The lowest BCUT2D eigenvalue weighted by Gasteiger charge is -2.07. The molecular weight excluding hydrogens is 232 g/mol. The van der Waals surface area contributed by atoms with Crippen LogP contribution in [0.2, 0.25) is 0 Å². The highest BCUT2D eigenvalue weighted by atomic mass is 32.2. The first-order valence-electron chi connectivity index (χ1n) is 4.69. The van der Waals surface area contributed by atoms with E-state index in [-0.39, 0.29) is 5.56 Å². The Hall–Kier alpha value is -1.47. The maximum atomic E-state index is 10.9. The number of nitrogens with one attached hydrogen (secondary N) is 1. The lowest BCUT2D eigenvalue weighted by atomic mass is 10.1. The number of anilines is 1. The fourth-order valence-electron chi connectivity index (χ4n) is 1.79. The first kappa shape index (κ1) is 11.0. The number of rotatable bonds is 3. The Morgan fingerprint density at radius 2 is 2.31 bits per heavy atom. The van der Waals surface area contributed by atoms with E-state index in [4.69, 9.17) is 4.55 Å². The van der Waals surface area contributed by atoms with Crippen LogP contribution in [0.5, 0.6) is 0 Å². The Bertz CT molecular complexity index is 449. The van der Waals surface area contributed by atoms with Gasteiger partial charge in [-0.1, -0.05) is 0 Å². The Labute approximate surface area is 94.1 Å². The Kier molecular flexibility index (Phi) is 2.88. The normalized spacial score (nSPS) is 17.3. The summed E-state index contributed by atoms with van der Waals surface area (Å²) in [4.78, 5) is 9.94. The van der Waals surface area contributed by atoms with Crippen LogP contribution in [-0.2, 0) is 17.5 Å². The highest BCUT2D eigenvalue weighted by molar-refractivity contribution is 7.79. The molecule has 2 unspecified atom stereocenters. The molecule has 86 valence electrons. The first-order valence-corrected chi connectivity index (χ1v) is 5.86. The van der Waals surface area contributed by atoms with Gasteiger partial charge in [-0.3, -0.25) is 10.1 Å². The van der Waals surface area contributed by atoms with E-state index in [2.05, 4.69) is 5.32 Å². The van der Waals surface area contributed by atoms with Crippen LogP contribution >= 0.6 is 0 Å². The second-order valence-electron chi connectivity index (χ2n) is 3.51. The Balaban J connectivity index is 2.39. The van der Waals surface area contributed by atoms with Crippen molar-refractivity contribution in [1.29, 1.82) is 0 Å². The summed E-state index contributed by atoms with van der Waals surface area (Å²) in [5.74, 6) is 0. The van der Waals surface area contributed by atoms with Crippen LogP contribution < -0.4 is 5.32 Å². The minimum absolute atomic E-state index is 0.272. The van der Waals surface area contributed by atoms with Gasteiger partial charge in [-0.05, 0) is 30.2 Å². The van der Waals surface area contributed by atoms with E-state index < -0.39 is 21.4 Å². The summed E-state index contributed by atoms with van der Waals surface area (Å²) in [6, 6.07) is 4.84. The highest BCUT2D eigenvalue weighted by Gasteiger charge is 2.30. The SMILES string of the molecule is O=[N+]([O-])C(c1ccc2c(c1)CCN2)S(=O)O. The van der Waals surface area contributed by atoms with Crippen molar-refractivity contribution in [3.05, 3.63) is 39.4 Å². The summed E-state index contributed by atoms with van der Waals surface area (Å²) >= 11 is -2.50. The van der Waals surface area contributed by atoms with Gasteiger partial charge in [0.05, 0.1) is 0 Å². The molecule has 0 bridgehead atoms. The molecule has 0 spiro atoms. The molecule has 2 atom stereocenters. The van der Waals surface area contributed by atoms with Crippen LogP contribution in [0, 0.1) is 10.1 Å². The monoisotopic (exact) mass is 242 g/mol. The molecule has 0 saturated carbocycles. The fraction of sp³-hybridized carbons (Fsp3) is 0.333. The Morgan fingerprint density at radius 1 is 1.56 bits per heavy atom. The van der Waals surface area contributed by atoms with E-state index in [1.165, 1.54) is 6.07 Å². The standard InChI is InChI=1S/C9H10N2O4S/c12-11(13)9(16(14)15)7-1-2-8-6(5-7)3-4-10-8/h1-2,5,9-10H,3-4H2,(H,14,15). The van der Waals surface area contributed by atoms with Crippen molar-refractivity contribution in [2.45, 2.75) is 11.8 Å². The predicted molar refractivity (Wildman–Crippen MR) is 59.1 cm³/mol. The molecule has 0 fully saturated rings. The summed E-state index contributed by atoms with van der Waals surface area (Å²) in [5, 5.41) is 12.2. The van der Waals surface area contributed by atoms with E-state index in [0.717, 1.165) is 24.2 Å². The third-order valence-corrected chi connectivity index (χ3v) is 3.33. The number of hydrogen-bond acceptors (Lipinski definition) is 4. The van der Waals surface area contributed by atoms with Crippen LogP contribution in [0.3, 0.4) is 0 Å². The van der Waals surface area contributed by atoms with Crippen molar-refractivity contribution >= 4 is 16.8 Å². The smallest absolute Gasteiger partial charge is 0.335 e. The zero-order valence-corrected chi connectivity index (χ0v) is 9.07. The summed E-state index contributed by atoms with van der Waals surface area (Å²) in [6.07, 6.45) is 0.783. The second-order valence-corrected chi connectivity index (χ2v) is 4.51. The minimum atomic E-state index is -2.50. The average Bonchev–Trinajstić information content (AvgIpc) is 2.63. The van der Waals surface area contributed by atoms with E-state index in [9.17, 15) is 14.3 Å². The van der Waals surface area contributed by atoms with Crippen molar-refractivity contribution in [3.63, 3.8) is 0 Å². The predicted octanol–water partition coefficient (Wildman–Crippen LogP) is 1.15. The zero-order chi connectivity index (χ0) is 11.7. The van der Waals surface area contributed by atoms with Gasteiger partial charge in [-0.15, -0.1) is 0 Å². The lowest BCUT2D eigenvalue weighted by molar-refractivity contribution is -0.502. The van der Waals surface area contributed by atoms with Crippen molar-refractivity contribution in [3.8, 4) is 0 Å². The van der Waals surface area contributed by atoms with Crippen molar-refractivity contribution in [1.82, 2.24) is 0 Å². The topological polar surface area (TPSA) is 92.5 Å². The maximum Gasteiger partial charge on any atom is 0.335 e. The summed E-state index contributed by atoms with van der Waals surface area (Å²) in [7, 11) is 0. The summed E-state index contributed by atoms with van der Waals surface area (Å²) < 4.78 is 19.8. The van der Waals surface area contributed by atoms with Gasteiger partial charge in [0, 0.05) is 22.7 Å². The molecule has 0 aromatic heterocycles. The first-order chi connectivity index (χ1) is 7.59. The van der Waals surface area contributed by atoms with Crippen LogP contribution in [0.4, 0.5) is 5.69 Å². The molecule has 0 amide bonds. The largest absolute Gasteiger partial charge is 0.384 e. The van der Waals surface area contributed by atoms with Crippen LogP contribution in [0.25, 0.3) is 0 Å². The molecule has 16 heavy (non-hydrogen) atoms. The van der Waals surface area contributed by atoms with E-state index in [0.29, 0.717) is 0 Å². The van der Waals surface area contributed by atoms with E-state index in [1.54, 1.807) is 12.1 Å². The zero-order valence-electron chi connectivity index (χ0n) is 8.25. The third kappa shape index (κ3) is 1.91. The molecule has 0 radical (unpaired) electrons. The molecule has 6 nitrogen and oxygen atoms in total. The number of hydrogen-bond donors (Lipinski definition) is 2. The van der Waals surface area contributed by atoms with Gasteiger partial charge in [0.25, 0.3) is 0 Å². The molecular formula is C9H10N2O4S. The van der Waals surface area contributed by atoms with Crippen molar-refractivity contribution in [2.24, 2.45) is 0 Å². The number of nitrogens with zero attached hydrogens (tertiary/aromatic N) is 1. The molecule has 1 aromatic rings. The third-order valence-electron chi connectivity index (χ3n) is 2.51. The van der Waals surface area contributed by atoms with Crippen LogP contribution in [0.15, 0.2) is 18.2 Å². The van der Waals surface area contributed by atoms with Gasteiger partial charge in [-0.25, -0.2) is 4.21 Å². The number of fused-ring (bicyclic) bond motifs is 1. The van der Waals surface area contributed by atoms with Crippen LogP contribution in [-0.4, -0.2) is 20.2 Å². The molecule has 7 heteroatoms.